The fraction of sp³-hybridized carbons (Fsp3) is 0.800. The van der Waals surface area contributed by atoms with Gasteiger partial charge >= 0.3 is 6.16 Å². The molecule has 1 N–H and O–H groups in total. The first-order chi connectivity index (χ1) is 3.98. The molecule has 0 heterocycles. The highest BCUT2D eigenvalue weighted by atomic mass is 35.5. The minimum absolute atomic E-state index is 0.166. The fourth-order valence-electron chi connectivity index (χ4n) is 0.264. The van der Waals surface area contributed by atoms with Crippen LogP contribution in [0, 0.1) is 0 Å². The van der Waals surface area contributed by atoms with Gasteiger partial charge in [0.05, 0.1) is 5.88 Å². The summed E-state index contributed by atoms with van der Waals surface area (Å²) < 4.78 is 4.37. The minimum Gasteiger partial charge on any atom is -0.450 e. The van der Waals surface area contributed by atoms with Crippen molar-refractivity contribution < 1.29 is 14.6 Å². The molecular formula is C5H9ClO3. The Morgan fingerprint density at radius 2 is 2.22 bits per heavy atom. The predicted molar refractivity (Wildman–Crippen MR) is 33.9 cm³/mol. The molecule has 0 aliphatic heterocycles. The monoisotopic (exact) mass is 152 g/mol. The highest BCUT2D eigenvalue weighted by Gasteiger charge is 2.20. The van der Waals surface area contributed by atoms with Crippen LogP contribution < -0.4 is 0 Å². The zero-order valence-electron chi connectivity index (χ0n) is 5.35. The van der Waals surface area contributed by atoms with Crippen molar-refractivity contribution in [1.29, 1.82) is 0 Å². The van der Waals surface area contributed by atoms with E-state index in [1.807, 2.05) is 0 Å². The maximum absolute atomic E-state index is 9.89. The lowest BCUT2D eigenvalue weighted by Gasteiger charge is -2.18. The lowest BCUT2D eigenvalue weighted by molar-refractivity contribution is 0.0169. The van der Waals surface area contributed by atoms with Crippen molar-refractivity contribution >= 4 is 17.8 Å². The number of rotatable bonds is 2. The van der Waals surface area contributed by atoms with Crippen molar-refractivity contribution in [2.45, 2.75) is 19.4 Å². The molecule has 0 aromatic carbocycles. The molecule has 54 valence electrons. The Labute approximate surface area is 58.6 Å². The third-order valence-corrected chi connectivity index (χ3v) is 1.33. The van der Waals surface area contributed by atoms with Gasteiger partial charge < -0.3 is 9.84 Å². The molecule has 9 heavy (non-hydrogen) atoms. The molecule has 0 bridgehead atoms. The summed E-state index contributed by atoms with van der Waals surface area (Å²) in [4.78, 5) is 9.89. The molecule has 4 heteroatoms. The van der Waals surface area contributed by atoms with Gasteiger partial charge in [-0.25, -0.2) is 4.79 Å². The SMILES string of the molecule is CC(C)(CCl)OC(=O)O. The molecule has 0 aliphatic carbocycles. The van der Waals surface area contributed by atoms with Gasteiger partial charge in [0.1, 0.15) is 5.60 Å². The van der Waals surface area contributed by atoms with Crippen molar-refractivity contribution in [2.75, 3.05) is 5.88 Å². The normalized spacial score (nSPS) is 11.0. The quantitative estimate of drug-likeness (QED) is 0.484. The van der Waals surface area contributed by atoms with Crippen LogP contribution in [0.4, 0.5) is 4.79 Å². The summed E-state index contributed by atoms with van der Waals surface area (Å²) in [6.45, 7) is 3.21. The molecule has 0 rings (SSSR count). The number of halogens is 1. The molecule has 0 spiro atoms. The molecular weight excluding hydrogens is 144 g/mol. The number of carboxylic acid groups (broad SMARTS) is 1. The fourth-order valence-corrected chi connectivity index (χ4v) is 0.318. The van der Waals surface area contributed by atoms with Crippen LogP contribution in [0.15, 0.2) is 0 Å². The molecule has 0 saturated heterocycles. The molecule has 0 fully saturated rings. The highest BCUT2D eigenvalue weighted by Crippen LogP contribution is 2.10. The van der Waals surface area contributed by atoms with Gasteiger partial charge in [-0.1, -0.05) is 0 Å². The van der Waals surface area contributed by atoms with Crippen LogP contribution in [0.2, 0.25) is 0 Å². The van der Waals surface area contributed by atoms with Crippen molar-refractivity contribution in [3.63, 3.8) is 0 Å². The third kappa shape index (κ3) is 4.09. The van der Waals surface area contributed by atoms with E-state index >= 15 is 0 Å². The van der Waals surface area contributed by atoms with Crippen molar-refractivity contribution in [3.8, 4) is 0 Å². The zero-order chi connectivity index (χ0) is 7.49. The summed E-state index contributed by atoms with van der Waals surface area (Å²) in [5, 5.41) is 8.10. The molecule has 0 atom stereocenters. The number of carbonyl (C=O) groups is 1. The predicted octanol–water partition coefficient (Wildman–Crippen LogP) is 1.70. The summed E-state index contributed by atoms with van der Waals surface area (Å²) in [6, 6.07) is 0. The van der Waals surface area contributed by atoms with Crippen LogP contribution in [0.25, 0.3) is 0 Å². The smallest absolute Gasteiger partial charge is 0.450 e. The number of ether oxygens (including phenoxy) is 1. The Morgan fingerprint density at radius 1 is 1.78 bits per heavy atom. The van der Waals surface area contributed by atoms with Gasteiger partial charge in [-0.3, -0.25) is 0 Å². The van der Waals surface area contributed by atoms with Gasteiger partial charge in [0.2, 0.25) is 0 Å². The van der Waals surface area contributed by atoms with E-state index in [-0.39, 0.29) is 5.88 Å². The largest absolute Gasteiger partial charge is 0.506 e. The molecule has 0 saturated carbocycles. The average molecular weight is 153 g/mol. The van der Waals surface area contributed by atoms with Gasteiger partial charge in [-0.15, -0.1) is 11.6 Å². The second-order valence-corrected chi connectivity index (χ2v) is 2.53. The molecule has 0 aromatic heterocycles. The van der Waals surface area contributed by atoms with Crippen LogP contribution in [0.3, 0.4) is 0 Å². The van der Waals surface area contributed by atoms with E-state index in [4.69, 9.17) is 16.7 Å². The van der Waals surface area contributed by atoms with E-state index in [0.29, 0.717) is 0 Å². The second kappa shape index (κ2) is 2.92. The first kappa shape index (κ1) is 8.56. The summed E-state index contributed by atoms with van der Waals surface area (Å²) in [7, 11) is 0. The lowest BCUT2D eigenvalue weighted by Crippen LogP contribution is -2.28. The van der Waals surface area contributed by atoms with Gasteiger partial charge in [0, 0.05) is 0 Å². The first-order valence-electron chi connectivity index (χ1n) is 2.46. The lowest BCUT2D eigenvalue weighted by atomic mass is 10.2. The number of hydrogen-bond donors (Lipinski definition) is 1. The highest BCUT2D eigenvalue weighted by molar-refractivity contribution is 6.18. The Kier molecular flexibility index (Phi) is 2.77. The van der Waals surface area contributed by atoms with Gasteiger partial charge in [0.25, 0.3) is 0 Å². The first-order valence-corrected chi connectivity index (χ1v) is 2.99. The molecule has 0 amide bonds. The summed E-state index contributed by atoms with van der Waals surface area (Å²) in [6.07, 6.45) is -1.29. The van der Waals surface area contributed by atoms with Crippen molar-refractivity contribution in [2.24, 2.45) is 0 Å². The standard InChI is InChI=1S/C5H9ClO3/c1-5(2,3-6)9-4(7)8/h3H2,1-2H3,(H,7,8). The van der Waals surface area contributed by atoms with Gasteiger partial charge in [-0.2, -0.15) is 0 Å². The van der Waals surface area contributed by atoms with Crippen LogP contribution in [0.5, 0.6) is 0 Å². The maximum atomic E-state index is 9.89. The molecule has 0 aliphatic rings. The van der Waals surface area contributed by atoms with Crippen molar-refractivity contribution in [1.82, 2.24) is 0 Å². The van der Waals surface area contributed by atoms with Crippen LogP contribution in [0.1, 0.15) is 13.8 Å². The molecule has 0 radical (unpaired) electrons. The van der Waals surface area contributed by atoms with E-state index in [1.165, 1.54) is 0 Å². The maximum Gasteiger partial charge on any atom is 0.506 e. The summed E-state index contributed by atoms with van der Waals surface area (Å²) >= 11 is 5.35. The summed E-state index contributed by atoms with van der Waals surface area (Å²) in [5.41, 5.74) is -0.770. The van der Waals surface area contributed by atoms with Crippen LogP contribution in [-0.2, 0) is 4.74 Å². The average Bonchev–Trinajstić information content (AvgIpc) is 1.63. The summed E-state index contributed by atoms with van der Waals surface area (Å²) in [5.74, 6) is 0.166. The van der Waals surface area contributed by atoms with Gasteiger partial charge in [0.15, 0.2) is 0 Å². The minimum atomic E-state index is -1.29. The Morgan fingerprint density at radius 3 is 2.33 bits per heavy atom. The van der Waals surface area contributed by atoms with E-state index in [9.17, 15) is 4.79 Å². The number of alkyl halides is 1. The zero-order valence-corrected chi connectivity index (χ0v) is 6.10. The Bertz CT molecular complexity index is 111. The van der Waals surface area contributed by atoms with E-state index in [0.717, 1.165) is 0 Å². The van der Waals surface area contributed by atoms with E-state index in [1.54, 1.807) is 13.8 Å². The third-order valence-electron chi connectivity index (χ3n) is 0.685. The van der Waals surface area contributed by atoms with E-state index in [2.05, 4.69) is 4.74 Å². The molecule has 3 nitrogen and oxygen atoms in total. The van der Waals surface area contributed by atoms with Crippen LogP contribution >= 0.6 is 11.6 Å². The second-order valence-electron chi connectivity index (χ2n) is 2.26. The molecule has 0 aromatic rings. The van der Waals surface area contributed by atoms with Crippen LogP contribution in [-0.4, -0.2) is 22.7 Å². The topological polar surface area (TPSA) is 46.5 Å². The van der Waals surface area contributed by atoms with Gasteiger partial charge in [-0.05, 0) is 13.8 Å². The van der Waals surface area contributed by atoms with E-state index < -0.39 is 11.8 Å². The Balaban J connectivity index is 3.71. The van der Waals surface area contributed by atoms with Crippen molar-refractivity contribution in [3.05, 3.63) is 0 Å². The molecule has 0 unspecified atom stereocenters. The number of hydrogen-bond acceptors (Lipinski definition) is 2. The Hall–Kier alpha value is -0.440.